The van der Waals surface area contributed by atoms with E-state index in [0.717, 1.165) is 22.8 Å². The third kappa shape index (κ3) is 2.50. The summed E-state index contributed by atoms with van der Waals surface area (Å²) in [6, 6.07) is 1.59. The van der Waals surface area contributed by atoms with Gasteiger partial charge in [0.25, 0.3) is 5.91 Å². The Hall–Kier alpha value is -2.29. The number of rotatable bonds is 3. The standard InChI is InChI=1S/C14H14N4O4S/c1-7-2-10(16-21-7)14(20)18-3-8(4-18)12(19)15-13-9-5-23-6-11(9)17-22-13/h2,8H,3-6H2,1H3,(H,15,19). The minimum absolute atomic E-state index is 0.152. The van der Waals surface area contributed by atoms with Gasteiger partial charge in [0.2, 0.25) is 11.8 Å². The van der Waals surface area contributed by atoms with Gasteiger partial charge in [-0.25, -0.2) is 0 Å². The first-order valence-corrected chi connectivity index (χ1v) is 8.36. The number of carbonyl (C=O) groups excluding carboxylic acids is 2. The van der Waals surface area contributed by atoms with Crippen LogP contribution in [0.4, 0.5) is 5.88 Å². The molecule has 0 spiro atoms. The molecule has 120 valence electrons. The maximum atomic E-state index is 12.2. The van der Waals surface area contributed by atoms with Gasteiger partial charge in [-0.3, -0.25) is 14.9 Å². The van der Waals surface area contributed by atoms with Gasteiger partial charge in [-0.05, 0) is 6.92 Å². The molecule has 9 heteroatoms. The molecule has 23 heavy (non-hydrogen) atoms. The smallest absolute Gasteiger partial charge is 0.276 e. The summed E-state index contributed by atoms with van der Waals surface area (Å²) < 4.78 is 10.1. The minimum Gasteiger partial charge on any atom is -0.361 e. The molecule has 2 aromatic heterocycles. The van der Waals surface area contributed by atoms with Crippen LogP contribution in [0.25, 0.3) is 0 Å². The van der Waals surface area contributed by atoms with E-state index in [0.29, 0.717) is 24.7 Å². The maximum Gasteiger partial charge on any atom is 0.276 e. The van der Waals surface area contributed by atoms with Crippen LogP contribution in [0.1, 0.15) is 27.5 Å². The summed E-state index contributed by atoms with van der Waals surface area (Å²) in [5, 5.41) is 10.4. The lowest BCUT2D eigenvalue weighted by Crippen LogP contribution is -2.54. The number of anilines is 1. The number of fused-ring (bicyclic) bond motifs is 1. The van der Waals surface area contributed by atoms with Crippen LogP contribution in [0.5, 0.6) is 0 Å². The van der Waals surface area contributed by atoms with Crippen molar-refractivity contribution in [3.05, 3.63) is 28.8 Å². The molecule has 2 amide bonds. The zero-order valence-electron chi connectivity index (χ0n) is 12.4. The van der Waals surface area contributed by atoms with Crippen LogP contribution in [-0.4, -0.2) is 40.1 Å². The van der Waals surface area contributed by atoms with Gasteiger partial charge in [0.05, 0.1) is 17.2 Å². The molecule has 0 aromatic carbocycles. The van der Waals surface area contributed by atoms with Gasteiger partial charge in [-0.1, -0.05) is 10.3 Å². The number of carbonyl (C=O) groups is 2. The number of nitrogens with one attached hydrogen (secondary N) is 1. The molecule has 0 radical (unpaired) electrons. The highest BCUT2D eigenvalue weighted by atomic mass is 32.2. The predicted molar refractivity (Wildman–Crippen MR) is 80.8 cm³/mol. The number of thioether (sulfide) groups is 1. The van der Waals surface area contributed by atoms with E-state index < -0.39 is 0 Å². The van der Waals surface area contributed by atoms with Crippen molar-refractivity contribution < 1.29 is 18.6 Å². The monoisotopic (exact) mass is 334 g/mol. The van der Waals surface area contributed by atoms with E-state index in [1.165, 1.54) is 0 Å². The lowest BCUT2D eigenvalue weighted by atomic mass is 9.98. The van der Waals surface area contributed by atoms with Crippen molar-refractivity contribution in [2.45, 2.75) is 18.4 Å². The third-order valence-corrected chi connectivity index (χ3v) is 4.95. The largest absolute Gasteiger partial charge is 0.361 e. The van der Waals surface area contributed by atoms with Gasteiger partial charge in [0.1, 0.15) is 5.76 Å². The Morgan fingerprint density at radius 2 is 2.13 bits per heavy atom. The summed E-state index contributed by atoms with van der Waals surface area (Å²) in [6.07, 6.45) is 0. The van der Waals surface area contributed by atoms with Crippen LogP contribution in [0, 0.1) is 12.8 Å². The third-order valence-electron chi connectivity index (χ3n) is 3.98. The summed E-state index contributed by atoms with van der Waals surface area (Å²) in [7, 11) is 0. The number of nitrogens with zero attached hydrogens (tertiary/aromatic N) is 3. The normalized spacial score (nSPS) is 17.0. The van der Waals surface area contributed by atoms with Crippen molar-refractivity contribution in [1.82, 2.24) is 15.2 Å². The first-order chi connectivity index (χ1) is 11.1. The molecule has 2 aliphatic rings. The molecule has 2 aromatic rings. The van der Waals surface area contributed by atoms with Gasteiger partial charge in [0, 0.05) is 30.7 Å². The molecule has 1 N–H and O–H groups in total. The second-order valence-electron chi connectivity index (χ2n) is 5.65. The Morgan fingerprint density at radius 3 is 2.87 bits per heavy atom. The minimum atomic E-state index is -0.248. The van der Waals surface area contributed by atoms with Gasteiger partial charge < -0.3 is 13.9 Å². The molecule has 8 nitrogen and oxygen atoms in total. The molecule has 0 saturated carbocycles. The van der Waals surface area contributed by atoms with E-state index in [1.807, 2.05) is 0 Å². The van der Waals surface area contributed by atoms with E-state index in [-0.39, 0.29) is 23.4 Å². The highest BCUT2D eigenvalue weighted by molar-refractivity contribution is 7.98. The molecule has 4 heterocycles. The summed E-state index contributed by atoms with van der Waals surface area (Å²) in [5.74, 6) is 2.02. The summed E-state index contributed by atoms with van der Waals surface area (Å²) in [6.45, 7) is 2.45. The lowest BCUT2D eigenvalue weighted by molar-refractivity contribution is -0.123. The molecule has 1 fully saturated rings. The molecule has 2 aliphatic heterocycles. The van der Waals surface area contributed by atoms with E-state index in [4.69, 9.17) is 9.05 Å². The average Bonchev–Trinajstić information content (AvgIpc) is 3.15. The fourth-order valence-corrected chi connectivity index (χ4v) is 3.63. The quantitative estimate of drug-likeness (QED) is 0.906. The Labute approximate surface area is 135 Å². The highest BCUT2D eigenvalue weighted by Crippen LogP contribution is 2.34. The number of hydrogen-bond acceptors (Lipinski definition) is 7. The van der Waals surface area contributed by atoms with Crippen LogP contribution >= 0.6 is 11.8 Å². The topological polar surface area (TPSA) is 101 Å². The fraction of sp³-hybridized carbons (Fsp3) is 0.429. The molecule has 0 bridgehead atoms. The number of aromatic nitrogens is 2. The summed E-state index contributed by atoms with van der Waals surface area (Å²) in [5.41, 5.74) is 2.14. The van der Waals surface area contributed by atoms with Crippen molar-refractivity contribution in [2.24, 2.45) is 5.92 Å². The Kier molecular flexibility index (Phi) is 3.37. The average molecular weight is 334 g/mol. The Bertz CT molecular complexity index is 778. The van der Waals surface area contributed by atoms with E-state index >= 15 is 0 Å². The SMILES string of the molecule is Cc1cc(C(=O)N2CC(C(=O)Nc3onc4c3CSC4)C2)no1. The van der Waals surface area contributed by atoms with Crippen molar-refractivity contribution in [3.63, 3.8) is 0 Å². The zero-order chi connectivity index (χ0) is 16.0. The fourth-order valence-electron chi connectivity index (χ4n) is 2.61. The van der Waals surface area contributed by atoms with E-state index in [2.05, 4.69) is 15.6 Å². The predicted octanol–water partition coefficient (Wildman–Crippen LogP) is 1.43. The molecule has 4 rings (SSSR count). The lowest BCUT2D eigenvalue weighted by Gasteiger charge is -2.37. The number of likely N-dealkylation sites (tertiary alicyclic amines) is 1. The molecular formula is C14H14N4O4S. The summed E-state index contributed by atoms with van der Waals surface area (Å²) >= 11 is 1.74. The van der Waals surface area contributed by atoms with Gasteiger partial charge in [0.15, 0.2) is 5.69 Å². The highest BCUT2D eigenvalue weighted by Gasteiger charge is 2.38. The van der Waals surface area contributed by atoms with Crippen LogP contribution in [0.15, 0.2) is 15.1 Å². The van der Waals surface area contributed by atoms with Gasteiger partial charge in [-0.2, -0.15) is 11.8 Å². The van der Waals surface area contributed by atoms with Crippen LogP contribution in [0.2, 0.25) is 0 Å². The van der Waals surface area contributed by atoms with Crippen LogP contribution in [-0.2, 0) is 16.3 Å². The first-order valence-electron chi connectivity index (χ1n) is 7.20. The van der Waals surface area contributed by atoms with Crippen LogP contribution < -0.4 is 5.32 Å². The van der Waals surface area contributed by atoms with E-state index in [9.17, 15) is 9.59 Å². The molecule has 0 aliphatic carbocycles. The molecule has 1 saturated heterocycles. The molecule has 0 atom stereocenters. The van der Waals surface area contributed by atoms with Crippen LogP contribution in [0.3, 0.4) is 0 Å². The number of aryl methyl sites for hydroxylation is 1. The van der Waals surface area contributed by atoms with Crippen molar-refractivity contribution in [2.75, 3.05) is 18.4 Å². The Morgan fingerprint density at radius 1 is 1.30 bits per heavy atom. The van der Waals surface area contributed by atoms with Crippen molar-refractivity contribution >= 4 is 29.5 Å². The first kappa shape index (κ1) is 14.3. The Balaban J connectivity index is 1.34. The van der Waals surface area contributed by atoms with Crippen molar-refractivity contribution in [1.29, 1.82) is 0 Å². The van der Waals surface area contributed by atoms with Crippen molar-refractivity contribution in [3.8, 4) is 0 Å². The summed E-state index contributed by atoms with van der Waals surface area (Å²) in [4.78, 5) is 25.9. The van der Waals surface area contributed by atoms with Gasteiger partial charge >= 0.3 is 0 Å². The number of amides is 2. The van der Waals surface area contributed by atoms with E-state index in [1.54, 1.807) is 29.7 Å². The van der Waals surface area contributed by atoms with Gasteiger partial charge in [-0.15, -0.1) is 0 Å². The molecular weight excluding hydrogens is 320 g/mol. The second-order valence-corrected chi connectivity index (χ2v) is 6.63. The second kappa shape index (κ2) is 5.41. The maximum absolute atomic E-state index is 12.2. The number of hydrogen-bond donors (Lipinski definition) is 1. The zero-order valence-corrected chi connectivity index (χ0v) is 13.2. The molecule has 0 unspecified atom stereocenters.